The first kappa shape index (κ1) is 21.8. The number of hydrogen-bond acceptors (Lipinski definition) is 4. The monoisotopic (exact) mass is 444 g/mol. The van der Waals surface area contributed by atoms with Gasteiger partial charge >= 0.3 is 0 Å². The smallest absolute Gasteiger partial charge is 0.262 e. The number of para-hydroxylation sites is 1. The average molecular weight is 445 g/mol. The molecule has 156 valence electrons. The number of amides is 1. The van der Waals surface area contributed by atoms with Crippen LogP contribution in [-0.2, 0) is 11.3 Å². The van der Waals surface area contributed by atoms with Crippen LogP contribution in [0.4, 0.5) is 11.4 Å². The molecular weight excluding hydrogens is 423 g/mol. The van der Waals surface area contributed by atoms with Gasteiger partial charge in [0.25, 0.3) is 5.91 Å². The normalized spacial score (nSPS) is 10.4. The maximum Gasteiger partial charge on any atom is 0.262 e. The van der Waals surface area contributed by atoms with E-state index in [1.807, 2.05) is 55.5 Å². The quantitative estimate of drug-likeness (QED) is 0.423. The maximum atomic E-state index is 12.1. The van der Waals surface area contributed by atoms with E-state index in [9.17, 15) is 4.79 Å². The number of nitrogens with one attached hydrogen (secondary N) is 2. The van der Waals surface area contributed by atoms with Crippen molar-refractivity contribution in [1.82, 2.24) is 0 Å². The van der Waals surface area contributed by atoms with Gasteiger partial charge in [0.2, 0.25) is 0 Å². The zero-order chi connectivity index (χ0) is 21.3. The summed E-state index contributed by atoms with van der Waals surface area (Å²) >= 11 is 12.0. The lowest BCUT2D eigenvalue weighted by atomic mass is 10.2. The van der Waals surface area contributed by atoms with Crippen LogP contribution in [-0.4, -0.2) is 19.1 Å². The molecule has 2 N–H and O–H groups in total. The second-order valence-electron chi connectivity index (χ2n) is 6.40. The minimum absolute atomic E-state index is 0.115. The van der Waals surface area contributed by atoms with Crippen LogP contribution in [0.15, 0.2) is 66.7 Å². The summed E-state index contributed by atoms with van der Waals surface area (Å²) in [6, 6.07) is 20.2. The van der Waals surface area contributed by atoms with Gasteiger partial charge in [-0.2, -0.15) is 0 Å². The second kappa shape index (κ2) is 10.8. The first-order valence-corrected chi connectivity index (χ1v) is 10.2. The third-order valence-corrected chi connectivity index (χ3v) is 4.88. The number of halogens is 2. The molecular formula is C23H22Cl2N2O3. The van der Waals surface area contributed by atoms with E-state index in [0.717, 1.165) is 16.9 Å². The summed E-state index contributed by atoms with van der Waals surface area (Å²) in [6.07, 6.45) is 0. The van der Waals surface area contributed by atoms with Gasteiger partial charge in [-0.15, -0.1) is 0 Å². The number of carbonyl (C=O) groups is 1. The average Bonchev–Trinajstić information content (AvgIpc) is 2.75. The van der Waals surface area contributed by atoms with Crippen molar-refractivity contribution in [2.75, 3.05) is 23.8 Å². The summed E-state index contributed by atoms with van der Waals surface area (Å²) in [4.78, 5) is 12.1. The molecule has 0 unspecified atom stereocenters. The van der Waals surface area contributed by atoms with E-state index in [0.29, 0.717) is 34.7 Å². The minimum atomic E-state index is -0.242. The molecule has 3 aromatic rings. The van der Waals surface area contributed by atoms with E-state index in [4.69, 9.17) is 32.7 Å². The Morgan fingerprint density at radius 2 is 1.67 bits per heavy atom. The van der Waals surface area contributed by atoms with Crippen molar-refractivity contribution in [1.29, 1.82) is 0 Å². The molecule has 3 rings (SSSR count). The first-order valence-electron chi connectivity index (χ1n) is 9.47. The lowest BCUT2D eigenvalue weighted by Crippen LogP contribution is -2.20. The Morgan fingerprint density at radius 3 is 2.40 bits per heavy atom. The molecule has 0 bridgehead atoms. The lowest BCUT2D eigenvalue weighted by Gasteiger charge is -2.14. The molecule has 0 aliphatic carbocycles. The van der Waals surface area contributed by atoms with Crippen LogP contribution >= 0.6 is 23.2 Å². The molecule has 7 heteroatoms. The van der Waals surface area contributed by atoms with Gasteiger partial charge in [0.15, 0.2) is 18.1 Å². The first-order chi connectivity index (χ1) is 14.5. The van der Waals surface area contributed by atoms with Crippen LogP contribution in [0, 0.1) is 0 Å². The Labute approximate surface area is 185 Å². The number of hydrogen-bond donors (Lipinski definition) is 2. The van der Waals surface area contributed by atoms with Gasteiger partial charge in [0, 0.05) is 17.9 Å². The third kappa shape index (κ3) is 6.31. The largest absolute Gasteiger partial charge is 0.490 e. The van der Waals surface area contributed by atoms with Gasteiger partial charge in [-0.3, -0.25) is 4.79 Å². The highest BCUT2D eigenvalue weighted by molar-refractivity contribution is 6.42. The van der Waals surface area contributed by atoms with Crippen molar-refractivity contribution in [3.8, 4) is 11.5 Å². The number of benzene rings is 3. The zero-order valence-electron chi connectivity index (χ0n) is 16.5. The van der Waals surface area contributed by atoms with Crippen LogP contribution in [0.25, 0.3) is 0 Å². The predicted octanol–water partition coefficient (Wildman–Crippen LogP) is 6.02. The molecule has 0 atom stereocenters. The predicted molar refractivity (Wildman–Crippen MR) is 122 cm³/mol. The Balaban J connectivity index is 1.61. The number of carbonyl (C=O) groups excluding carboxylic acids is 1. The molecule has 30 heavy (non-hydrogen) atoms. The van der Waals surface area contributed by atoms with Crippen LogP contribution < -0.4 is 20.1 Å². The SMILES string of the molecule is CCOc1cc(CNc2ccc(Cl)c(Cl)c2)ccc1OCC(=O)Nc1ccccc1. The van der Waals surface area contributed by atoms with E-state index in [1.165, 1.54) is 0 Å². The molecule has 0 fully saturated rings. The van der Waals surface area contributed by atoms with Gasteiger partial charge in [-0.1, -0.05) is 47.5 Å². The zero-order valence-corrected chi connectivity index (χ0v) is 18.0. The molecule has 0 aliphatic rings. The highest BCUT2D eigenvalue weighted by Gasteiger charge is 2.10. The molecule has 0 aromatic heterocycles. The Hall–Kier alpha value is -2.89. The summed E-state index contributed by atoms with van der Waals surface area (Å²) < 4.78 is 11.4. The van der Waals surface area contributed by atoms with Gasteiger partial charge in [0.1, 0.15) is 0 Å². The van der Waals surface area contributed by atoms with Crippen molar-refractivity contribution < 1.29 is 14.3 Å². The van der Waals surface area contributed by atoms with Gasteiger partial charge in [0.05, 0.1) is 16.7 Å². The highest BCUT2D eigenvalue weighted by Crippen LogP contribution is 2.30. The van der Waals surface area contributed by atoms with E-state index in [1.54, 1.807) is 18.2 Å². The molecule has 0 saturated heterocycles. The molecule has 0 saturated carbocycles. The molecule has 1 amide bonds. The Kier molecular flexibility index (Phi) is 7.82. The topological polar surface area (TPSA) is 59.6 Å². The summed E-state index contributed by atoms with van der Waals surface area (Å²) in [6.45, 7) is 2.82. The van der Waals surface area contributed by atoms with Crippen molar-refractivity contribution in [3.63, 3.8) is 0 Å². The van der Waals surface area contributed by atoms with Crippen molar-refractivity contribution in [2.24, 2.45) is 0 Å². The number of ether oxygens (including phenoxy) is 2. The fourth-order valence-corrected chi connectivity index (χ4v) is 3.02. The van der Waals surface area contributed by atoms with Crippen molar-refractivity contribution in [2.45, 2.75) is 13.5 Å². The maximum absolute atomic E-state index is 12.1. The number of anilines is 2. The molecule has 0 aliphatic heterocycles. The van der Waals surface area contributed by atoms with Crippen LogP contribution in [0.5, 0.6) is 11.5 Å². The van der Waals surface area contributed by atoms with Crippen LogP contribution in [0.1, 0.15) is 12.5 Å². The van der Waals surface area contributed by atoms with E-state index < -0.39 is 0 Å². The lowest BCUT2D eigenvalue weighted by molar-refractivity contribution is -0.118. The Bertz CT molecular complexity index is 997. The van der Waals surface area contributed by atoms with Gasteiger partial charge < -0.3 is 20.1 Å². The van der Waals surface area contributed by atoms with E-state index >= 15 is 0 Å². The molecule has 0 heterocycles. The van der Waals surface area contributed by atoms with Crippen LogP contribution in [0.2, 0.25) is 10.0 Å². The Morgan fingerprint density at radius 1 is 0.867 bits per heavy atom. The van der Waals surface area contributed by atoms with Crippen molar-refractivity contribution in [3.05, 3.63) is 82.3 Å². The fraction of sp³-hybridized carbons (Fsp3) is 0.174. The third-order valence-electron chi connectivity index (χ3n) is 4.14. The second-order valence-corrected chi connectivity index (χ2v) is 7.21. The molecule has 0 radical (unpaired) electrons. The fourth-order valence-electron chi connectivity index (χ4n) is 2.72. The molecule has 3 aromatic carbocycles. The van der Waals surface area contributed by atoms with E-state index in [-0.39, 0.29) is 12.5 Å². The summed E-state index contributed by atoms with van der Waals surface area (Å²) in [5, 5.41) is 7.09. The van der Waals surface area contributed by atoms with Gasteiger partial charge in [-0.25, -0.2) is 0 Å². The minimum Gasteiger partial charge on any atom is -0.490 e. The molecule has 5 nitrogen and oxygen atoms in total. The molecule has 0 spiro atoms. The standard InChI is InChI=1S/C23H22Cl2N2O3/c1-2-29-22-12-16(14-26-18-9-10-19(24)20(25)13-18)8-11-21(22)30-15-23(28)27-17-6-4-3-5-7-17/h3-13,26H,2,14-15H2,1H3,(H,27,28). The highest BCUT2D eigenvalue weighted by atomic mass is 35.5. The number of rotatable bonds is 9. The van der Waals surface area contributed by atoms with Crippen LogP contribution in [0.3, 0.4) is 0 Å². The summed E-state index contributed by atoms with van der Waals surface area (Å²) in [5.41, 5.74) is 2.57. The van der Waals surface area contributed by atoms with Crippen molar-refractivity contribution >= 4 is 40.5 Å². The van der Waals surface area contributed by atoms with E-state index in [2.05, 4.69) is 10.6 Å². The van der Waals surface area contributed by atoms with Gasteiger partial charge in [-0.05, 0) is 55.0 Å². The summed E-state index contributed by atoms with van der Waals surface area (Å²) in [7, 11) is 0. The summed E-state index contributed by atoms with van der Waals surface area (Å²) in [5.74, 6) is 0.853.